The first-order valence-corrected chi connectivity index (χ1v) is 7.83. The van der Waals surface area contributed by atoms with Crippen LogP contribution in [0.3, 0.4) is 0 Å². The van der Waals surface area contributed by atoms with Crippen molar-refractivity contribution in [2.75, 3.05) is 37.6 Å². The molecule has 1 saturated heterocycles. The third-order valence-electron chi connectivity index (χ3n) is 3.85. The summed E-state index contributed by atoms with van der Waals surface area (Å²) in [4.78, 5) is 13.9. The molecule has 1 fully saturated rings. The number of aromatic nitrogens is 2. The lowest BCUT2D eigenvalue weighted by Crippen LogP contribution is -2.31. The van der Waals surface area contributed by atoms with Crippen molar-refractivity contribution in [1.29, 1.82) is 0 Å². The van der Waals surface area contributed by atoms with Crippen LogP contribution in [0.1, 0.15) is 18.9 Å². The summed E-state index contributed by atoms with van der Waals surface area (Å²) in [5, 5.41) is 2.18. The summed E-state index contributed by atoms with van der Waals surface area (Å²) in [6.45, 7) is 10.00. The number of thiophene rings is 1. The first-order valence-electron chi connectivity index (χ1n) is 6.95. The van der Waals surface area contributed by atoms with Gasteiger partial charge in [0, 0.05) is 19.6 Å². The lowest BCUT2D eigenvalue weighted by Gasteiger charge is -2.22. The van der Waals surface area contributed by atoms with Crippen LogP contribution in [0.25, 0.3) is 10.2 Å². The molecule has 3 heterocycles. The molecule has 2 aromatic rings. The monoisotopic (exact) mass is 276 g/mol. The molecule has 0 N–H and O–H groups in total. The van der Waals surface area contributed by atoms with Gasteiger partial charge in [-0.05, 0) is 37.4 Å². The van der Waals surface area contributed by atoms with Crippen molar-refractivity contribution >= 4 is 27.4 Å². The van der Waals surface area contributed by atoms with Crippen LogP contribution in [0.2, 0.25) is 0 Å². The second-order valence-electron chi connectivity index (χ2n) is 5.07. The van der Waals surface area contributed by atoms with Crippen LogP contribution in [-0.2, 0) is 0 Å². The van der Waals surface area contributed by atoms with Gasteiger partial charge in [0.15, 0.2) is 0 Å². The predicted molar refractivity (Wildman–Crippen MR) is 81.1 cm³/mol. The lowest BCUT2D eigenvalue weighted by atomic mass is 10.3. The molecule has 0 unspecified atom stereocenters. The maximum atomic E-state index is 4.54. The molecule has 0 radical (unpaired) electrons. The molecule has 2 aromatic heterocycles. The molecule has 0 aliphatic carbocycles. The number of hydrogen-bond donors (Lipinski definition) is 0. The second kappa shape index (κ2) is 5.43. The zero-order valence-corrected chi connectivity index (χ0v) is 12.4. The van der Waals surface area contributed by atoms with Gasteiger partial charge in [-0.3, -0.25) is 0 Å². The molecule has 0 atom stereocenters. The van der Waals surface area contributed by atoms with E-state index in [9.17, 15) is 0 Å². The average molecular weight is 276 g/mol. The zero-order valence-electron chi connectivity index (χ0n) is 11.6. The van der Waals surface area contributed by atoms with Crippen LogP contribution in [0.15, 0.2) is 11.7 Å². The van der Waals surface area contributed by atoms with Gasteiger partial charge in [0.25, 0.3) is 0 Å². The van der Waals surface area contributed by atoms with E-state index in [4.69, 9.17) is 0 Å². The maximum absolute atomic E-state index is 4.54. The Morgan fingerprint density at radius 2 is 2.11 bits per heavy atom. The van der Waals surface area contributed by atoms with Gasteiger partial charge in [-0.25, -0.2) is 9.97 Å². The minimum absolute atomic E-state index is 1.07. The predicted octanol–water partition coefficient (Wildman–Crippen LogP) is 2.53. The van der Waals surface area contributed by atoms with Crippen LogP contribution in [0.5, 0.6) is 0 Å². The largest absolute Gasteiger partial charge is 0.354 e. The Bertz CT molecular complexity index is 566. The van der Waals surface area contributed by atoms with Crippen molar-refractivity contribution < 1.29 is 0 Å². The second-order valence-corrected chi connectivity index (χ2v) is 5.95. The molecular formula is C14H20N4S. The SMILES string of the molecule is CCN1CCCN(c2ncnc3c(C)csc23)CC1. The summed E-state index contributed by atoms with van der Waals surface area (Å²) >= 11 is 1.77. The van der Waals surface area contributed by atoms with Gasteiger partial charge in [0.1, 0.15) is 12.1 Å². The number of hydrogen-bond acceptors (Lipinski definition) is 5. The van der Waals surface area contributed by atoms with Crippen molar-refractivity contribution in [3.8, 4) is 0 Å². The first-order chi connectivity index (χ1) is 9.29. The van der Waals surface area contributed by atoms with Crippen molar-refractivity contribution in [1.82, 2.24) is 14.9 Å². The van der Waals surface area contributed by atoms with Crippen molar-refractivity contribution in [3.05, 3.63) is 17.3 Å². The smallest absolute Gasteiger partial charge is 0.150 e. The quantitative estimate of drug-likeness (QED) is 0.844. The highest BCUT2D eigenvalue weighted by Crippen LogP contribution is 2.31. The van der Waals surface area contributed by atoms with Gasteiger partial charge in [-0.1, -0.05) is 6.92 Å². The molecule has 0 spiro atoms. The van der Waals surface area contributed by atoms with E-state index in [1.807, 2.05) is 0 Å². The summed E-state index contributed by atoms with van der Waals surface area (Å²) in [6.07, 6.45) is 2.92. The van der Waals surface area contributed by atoms with Crippen molar-refractivity contribution in [3.63, 3.8) is 0 Å². The minimum atomic E-state index is 1.07. The Morgan fingerprint density at radius 3 is 2.95 bits per heavy atom. The van der Waals surface area contributed by atoms with E-state index in [1.54, 1.807) is 17.7 Å². The fourth-order valence-corrected chi connectivity index (χ4v) is 3.70. The van der Waals surface area contributed by atoms with Gasteiger partial charge in [0.05, 0.1) is 10.2 Å². The van der Waals surface area contributed by atoms with E-state index in [2.05, 4.69) is 39.0 Å². The summed E-state index contributed by atoms with van der Waals surface area (Å²) in [7, 11) is 0. The van der Waals surface area contributed by atoms with Crippen LogP contribution >= 0.6 is 11.3 Å². The minimum Gasteiger partial charge on any atom is -0.354 e. The number of anilines is 1. The number of nitrogens with zero attached hydrogens (tertiary/aromatic N) is 4. The topological polar surface area (TPSA) is 32.3 Å². The average Bonchev–Trinajstić information content (AvgIpc) is 2.68. The Morgan fingerprint density at radius 1 is 1.21 bits per heavy atom. The fraction of sp³-hybridized carbons (Fsp3) is 0.571. The van der Waals surface area contributed by atoms with Crippen LogP contribution in [0.4, 0.5) is 5.82 Å². The molecule has 5 heteroatoms. The molecule has 4 nitrogen and oxygen atoms in total. The Kier molecular flexibility index (Phi) is 3.66. The normalized spacial score (nSPS) is 17.9. The van der Waals surface area contributed by atoms with Crippen LogP contribution in [0, 0.1) is 6.92 Å². The molecular weight excluding hydrogens is 256 g/mol. The number of aryl methyl sites for hydroxylation is 1. The molecule has 3 rings (SSSR count). The Balaban J connectivity index is 1.91. The highest BCUT2D eigenvalue weighted by atomic mass is 32.1. The lowest BCUT2D eigenvalue weighted by molar-refractivity contribution is 0.310. The fourth-order valence-electron chi connectivity index (χ4n) is 2.68. The molecule has 19 heavy (non-hydrogen) atoms. The Hall–Kier alpha value is -1.20. The molecule has 0 saturated carbocycles. The molecule has 1 aliphatic heterocycles. The van der Waals surface area contributed by atoms with Gasteiger partial charge in [-0.15, -0.1) is 11.3 Å². The standard InChI is InChI=1S/C14H20N4S/c1-3-17-5-4-6-18(8-7-17)14-13-12(15-10-16-14)11(2)9-19-13/h9-10H,3-8H2,1-2H3. The highest BCUT2D eigenvalue weighted by Gasteiger charge is 2.18. The van der Waals surface area contributed by atoms with Gasteiger partial charge < -0.3 is 9.80 Å². The number of rotatable bonds is 2. The molecule has 102 valence electrons. The zero-order chi connectivity index (χ0) is 13.2. The summed E-state index contributed by atoms with van der Waals surface area (Å²) in [5.74, 6) is 1.13. The third kappa shape index (κ3) is 2.44. The van der Waals surface area contributed by atoms with Crippen molar-refractivity contribution in [2.45, 2.75) is 20.3 Å². The third-order valence-corrected chi connectivity index (χ3v) is 4.93. The van der Waals surface area contributed by atoms with Gasteiger partial charge in [0.2, 0.25) is 0 Å². The molecule has 0 bridgehead atoms. The van der Waals surface area contributed by atoms with Gasteiger partial charge >= 0.3 is 0 Å². The number of likely N-dealkylation sites (N-methyl/N-ethyl adjacent to an activating group) is 1. The van der Waals surface area contributed by atoms with E-state index in [1.165, 1.54) is 23.2 Å². The molecule has 1 aliphatic rings. The van der Waals surface area contributed by atoms with E-state index < -0.39 is 0 Å². The summed E-state index contributed by atoms with van der Waals surface area (Å²) < 4.78 is 1.24. The van der Waals surface area contributed by atoms with Crippen LogP contribution in [-0.4, -0.2) is 47.6 Å². The summed E-state index contributed by atoms with van der Waals surface area (Å²) in [6, 6.07) is 0. The molecule has 0 amide bonds. The first kappa shape index (κ1) is 12.8. The Labute approximate surface area is 118 Å². The van der Waals surface area contributed by atoms with Crippen molar-refractivity contribution in [2.24, 2.45) is 0 Å². The van der Waals surface area contributed by atoms with E-state index in [0.717, 1.165) is 37.5 Å². The van der Waals surface area contributed by atoms with E-state index in [0.29, 0.717) is 0 Å². The maximum Gasteiger partial charge on any atom is 0.150 e. The summed E-state index contributed by atoms with van der Waals surface area (Å²) in [5.41, 5.74) is 2.38. The van der Waals surface area contributed by atoms with Gasteiger partial charge in [-0.2, -0.15) is 0 Å². The number of fused-ring (bicyclic) bond motifs is 1. The molecule has 0 aromatic carbocycles. The van der Waals surface area contributed by atoms with Crippen LogP contribution < -0.4 is 4.90 Å². The highest BCUT2D eigenvalue weighted by molar-refractivity contribution is 7.18. The van der Waals surface area contributed by atoms with E-state index in [-0.39, 0.29) is 0 Å². The van der Waals surface area contributed by atoms with E-state index >= 15 is 0 Å².